The fourth-order valence-electron chi connectivity index (χ4n) is 6.62. The molecule has 2 amide bonds. The van der Waals surface area contributed by atoms with Crippen molar-refractivity contribution in [3.8, 4) is 11.1 Å². The summed E-state index contributed by atoms with van der Waals surface area (Å²) in [6, 6.07) is 15.1. The van der Waals surface area contributed by atoms with E-state index in [9.17, 15) is 38.4 Å². The second-order valence-corrected chi connectivity index (χ2v) is 15.1. The van der Waals surface area contributed by atoms with Crippen LogP contribution in [0.1, 0.15) is 63.2 Å². The van der Waals surface area contributed by atoms with Crippen molar-refractivity contribution >= 4 is 71.9 Å². The summed E-state index contributed by atoms with van der Waals surface area (Å²) < 4.78 is 31.3. The van der Waals surface area contributed by atoms with E-state index in [0.717, 1.165) is 0 Å². The number of aliphatic imine (C=N–C) groups is 1. The van der Waals surface area contributed by atoms with E-state index >= 15 is 0 Å². The Morgan fingerprint density at radius 1 is 0.700 bits per heavy atom. The number of nitrogens with one attached hydrogen (secondary N) is 2. The van der Waals surface area contributed by atoms with Crippen molar-refractivity contribution in [1.82, 2.24) is 20.1 Å². The Kier molecular flexibility index (Phi) is 23.0. The maximum absolute atomic E-state index is 14.3. The molecule has 20 nitrogen and oxygen atoms in total. The van der Waals surface area contributed by atoms with E-state index in [1.165, 1.54) is 31.7 Å². The van der Waals surface area contributed by atoms with Crippen LogP contribution in [0, 0.1) is 0 Å². The summed E-state index contributed by atoms with van der Waals surface area (Å²) in [6.07, 6.45) is 1.48. The standard InChI is InChI=1S/C49H56N6O14.Zn/c1-9-66-48(62)40-38(34-17-13-11-14-18-34)36(50-42(40)52-44(58)32(7)54(21-23-68-46(60)30(3)4)22-24-69-47(61)31(5)6)25-37-39(35-19-15-12-16-20-35)41(49(63)67-10-2)43(51-37)53-45(59)33(8)55(26-64-28-56)27-65-29-57;/h11-20,25,28-29,32-33H,3,5,9-10,21-24,26-27H2,1-2,4,6-8H3,(H3,50,51,52,53,58,59,62,63);/p-1. The first kappa shape index (κ1) is 57.0. The maximum Gasteiger partial charge on any atom is 0.342 e. The summed E-state index contributed by atoms with van der Waals surface area (Å²) in [5, 5.41) is 5.46. The number of aromatic nitrogens is 1. The van der Waals surface area contributed by atoms with Crippen molar-refractivity contribution < 1.29 is 86.3 Å². The summed E-state index contributed by atoms with van der Waals surface area (Å²) in [5.74, 6) is -4.80. The number of allylic oxidation sites excluding steroid dienone is 1. The van der Waals surface area contributed by atoms with Crippen LogP contribution >= 0.6 is 0 Å². The molecule has 368 valence electrons. The average Bonchev–Trinajstić information content (AvgIpc) is 3.87. The fraction of sp³-hybridized carbons (Fsp3) is 0.327. The number of carbonyl (C=O) groups is 8. The molecule has 0 bridgehead atoms. The van der Waals surface area contributed by atoms with Crippen LogP contribution in [-0.4, -0.2) is 129 Å². The van der Waals surface area contributed by atoms with Gasteiger partial charge in [-0.15, -0.1) is 0 Å². The molecule has 21 heteroatoms. The van der Waals surface area contributed by atoms with E-state index in [2.05, 4.69) is 23.8 Å². The van der Waals surface area contributed by atoms with E-state index in [0.29, 0.717) is 11.1 Å². The minimum absolute atomic E-state index is 0. The Labute approximate surface area is 417 Å². The Bertz CT molecular complexity index is 2460. The molecule has 2 unspecified atom stereocenters. The molecule has 0 saturated heterocycles. The summed E-state index contributed by atoms with van der Waals surface area (Å²) in [6.45, 7) is 15.5. The van der Waals surface area contributed by atoms with E-state index in [1.807, 2.05) is 0 Å². The second-order valence-electron chi connectivity index (χ2n) is 15.1. The van der Waals surface area contributed by atoms with Crippen molar-refractivity contribution in [1.29, 1.82) is 0 Å². The van der Waals surface area contributed by atoms with Gasteiger partial charge in [0.05, 0.1) is 36.6 Å². The third kappa shape index (κ3) is 15.3. The number of carbonyl (C=O) groups excluding carboxylic acids is 8. The van der Waals surface area contributed by atoms with Gasteiger partial charge in [0.1, 0.15) is 38.1 Å². The minimum Gasteiger partial charge on any atom is -0.462 e. The first-order chi connectivity index (χ1) is 33.1. The topological polar surface area (TPSA) is 249 Å². The monoisotopic (exact) mass is 1020 g/mol. The zero-order valence-electron chi connectivity index (χ0n) is 39.9. The predicted molar refractivity (Wildman–Crippen MR) is 251 cm³/mol. The zero-order chi connectivity index (χ0) is 50.6. The number of benzene rings is 2. The Morgan fingerprint density at radius 3 is 1.69 bits per heavy atom. The van der Waals surface area contributed by atoms with Crippen LogP contribution in [0.3, 0.4) is 0 Å². The molecule has 2 aromatic carbocycles. The Balaban J connectivity index is 0.0000130. The molecule has 70 heavy (non-hydrogen) atoms. The van der Waals surface area contributed by atoms with E-state index < -0.39 is 61.2 Å². The number of amidine groups is 1. The van der Waals surface area contributed by atoms with Crippen molar-refractivity contribution in [2.45, 2.75) is 53.6 Å². The average molecular weight is 1020 g/mol. The quantitative estimate of drug-likeness (QED) is 0.0286. The maximum atomic E-state index is 14.3. The van der Waals surface area contributed by atoms with Gasteiger partial charge < -0.3 is 44.0 Å². The van der Waals surface area contributed by atoms with Crippen LogP contribution in [0.25, 0.3) is 22.8 Å². The molecule has 2 heterocycles. The van der Waals surface area contributed by atoms with Gasteiger partial charge in [0.15, 0.2) is 5.91 Å². The number of hydrogen-bond acceptors (Lipinski definition) is 17. The SMILES string of the molecule is C=C(C)C(=O)OCCN(CCOC(=O)C(=C)C)C(C)C(=O)NC1=N/C(=C\c2[n-]c(NC(=O)C(C)N(COC=O)COC=O)c(C(=O)OCC)c2-c2ccccc2)C(c2ccccc2)=C1C(=O)OCC.[Zn]. The summed E-state index contributed by atoms with van der Waals surface area (Å²) >= 11 is 0. The Hall–Kier alpha value is -7.35. The van der Waals surface area contributed by atoms with Crippen molar-refractivity contribution in [3.63, 3.8) is 0 Å². The van der Waals surface area contributed by atoms with Gasteiger partial charge in [-0.25, -0.2) is 29.1 Å². The van der Waals surface area contributed by atoms with Crippen LogP contribution in [0.2, 0.25) is 0 Å². The van der Waals surface area contributed by atoms with Gasteiger partial charge in [-0.2, -0.15) is 0 Å². The van der Waals surface area contributed by atoms with Crippen LogP contribution < -0.4 is 15.6 Å². The summed E-state index contributed by atoms with van der Waals surface area (Å²) in [5.41, 5.74) is 1.61. The number of anilines is 1. The summed E-state index contributed by atoms with van der Waals surface area (Å²) in [7, 11) is 0. The smallest absolute Gasteiger partial charge is 0.342 e. The van der Waals surface area contributed by atoms with E-state index in [1.54, 1.807) is 86.3 Å². The number of nitrogens with zero attached hydrogens (tertiary/aromatic N) is 4. The van der Waals surface area contributed by atoms with E-state index in [-0.39, 0.29) is 128 Å². The van der Waals surface area contributed by atoms with Gasteiger partial charge in [0, 0.05) is 49.3 Å². The third-order valence-electron chi connectivity index (χ3n) is 10.2. The molecule has 1 aromatic heterocycles. The third-order valence-corrected chi connectivity index (χ3v) is 10.2. The molecule has 2 N–H and O–H groups in total. The molecule has 2 atom stereocenters. The van der Waals surface area contributed by atoms with Crippen molar-refractivity contribution in [2.24, 2.45) is 4.99 Å². The number of amides is 2. The first-order valence-corrected chi connectivity index (χ1v) is 21.6. The summed E-state index contributed by atoms with van der Waals surface area (Å²) in [4.78, 5) is 115. The minimum atomic E-state index is -1.12. The molecule has 0 radical (unpaired) electrons. The van der Waals surface area contributed by atoms with Crippen molar-refractivity contribution in [2.75, 3.05) is 58.3 Å². The second kappa shape index (κ2) is 28.2. The molecule has 1 aliphatic heterocycles. The molecule has 1 aliphatic rings. The first-order valence-electron chi connectivity index (χ1n) is 21.6. The van der Waals surface area contributed by atoms with Gasteiger partial charge in [-0.1, -0.05) is 73.8 Å². The molecule has 0 saturated carbocycles. The van der Waals surface area contributed by atoms with Crippen LogP contribution in [-0.2, 0) is 81.5 Å². The van der Waals surface area contributed by atoms with Crippen LogP contribution in [0.5, 0.6) is 0 Å². The molecule has 4 rings (SSSR count). The van der Waals surface area contributed by atoms with Crippen LogP contribution in [0.15, 0.2) is 101 Å². The zero-order valence-corrected chi connectivity index (χ0v) is 42.9. The van der Waals surface area contributed by atoms with Crippen molar-refractivity contribution in [3.05, 3.63) is 113 Å². The largest absolute Gasteiger partial charge is 0.462 e. The van der Waals surface area contributed by atoms with Gasteiger partial charge in [0.25, 0.3) is 12.9 Å². The molecular formula is C49H55N6O14Zn-. The van der Waals surface area contributed by atoms with E-state index in [4.69, 9.17) is 38.4 Å². The van der Waals surface area contributed by atoms with Gasteiger partial charge in [-0.3, -0.25) is 24.1 Å². The molecular weight excluding hydrogens is 962 g/mol. The van der Waals surface area contributed by atoms with Gasteiger partial charge in [0.2, 0.25) is 5.91 Å². The number of ether oxygens (including phenoxy) is 6. The molecule has 0 aliphatic carbocycles. The molecule has 0 spiro atoms. The number of rotatable bonds is 26. The predicted octanol–water partition coefficient (Wildman–Crippen LogP) is 4.19. The normalized spacial score (nSPS) is 13.3. The number of hydrogen-bond donors (Lipinski definition) is 2. The van der Waals surface area contributed by atoms with Gasteiger partial charge in [-0.05, 0) is 75.8 Å². The molecule has 0 fully saturated rings. The Morgan fingerprint density at radius 2 is 1.19 bits per heavy atom. The van der Waals surface area contributed by atoms with Gasteiger partial charge >= 0.3 is 23.9 Å². The molecule has 3 aromatic rings. The number of esters is 4. The van der Waals surface area contributed by atoms with Crippen LogP contribution in [0.4, 0.5) is 5.82 Å². The fourth-order valence-corrected chi connectivity index (χ4v) is 6.62.